The first-order valence-electron chi connectivity index (χ1n) is 7.13. The van der Waals surface area contributed by atoms with Gasteiger partial charge in [-0.15, -0.1) is 12.4 Å². The highest BCUT2D eigenvalue weighted by molar-refractivity contribution is 5.85. The summed E-state index contributed by atoms with van der Waals surface area (Å²) >= 11 is 0. The van der Waals surface area contributed by atoms with E-state index in [1.165, 1.54) is 12.1 Å². The van der Waals surface area contributed by atoms with Crippen LogP contribution in [0.4, 0.5) is 13.2 Å². The van der Waals surface area contributed by atoms with E-state index in [1.807, 2.05) is 24.3 Å². The molecule has 23 heavy (non-hydrogen) atoms. The third kappa shape index (κ3) is 4.25. The van der Waals surface area contributed by atoms with Crippen molar-refractivity contribution >= 4 is 12.4 Å². The van der Waals surface area contributed by atoms with Gasteiger partial charge in [-0.1, -0.05) is 36.4 Å². The van der Waals surface area contributed by atoms with E-state index in [4.69, 9.17) is 4.74 Å². The summed E-state index contributed by atoms with van der Waals surface area (Å²) < 4.78 is 43.1. The Hall–Kier alpha value is -1.56. The quantitative estimate of drug-likeness (QED) is 0.869. The third-order valence-electron chi connectivity index (χ3n) is 3.78. The summed E-state index contributed by atoms with van der Waals surface area (Å²) in [6, 6.07) is 13.2. The molecule has 2 nitrogen and oxygen atoms in total. The van der Waals surface area contributed by atoms with E-state index in [0.29, 0.717) is 6.61 Å². The molecule has 0 aromatic heterocycles. The topological polar surface area (TPSA) is 21.3 Å². The molecule has 3 rings (SSSR count). The lowest BCUT2D eigenvalue weighted by atomic mass is 10.00. The van der Waals surface area contributed by atoms with Gasteiger partial charge in [0.15, 0.2) is 0 Å². The van der Waals surface area contributed by atoms with E-state index in [2.05, 4.69) is 5.32 Å². The Morgan fingerprint density at radius 2 is 1.48 bits per heavy atom. The summed E-state index contributed by atoms with van der Waals surface area (Å²) in [6.45, 7) is 2.19. The number of hydrogen-bond acceptors (Lipinski definition) is 2. The average Bonchev–Trinajstić information content (AvgIpc) is 2.55. The van der Waals surface area contributed by atoms with Crippen molar-refractivity contribution < 1.29 is 17.9 Å². The Morgan fingerprint density at radius 3 is 1.96 bits per heavy atom. The average molecular weight is 344 g/mol. The van der Waals surface area contributed by atoms with E-state index in [0.717, 1.165) is 42.0 Å². The van der Waals surface area contributed by atoms with Crippen LogP contribution in [-0.2, 0) is 10.9 Å². The minimum Gasteiger partial charge on any atom is -0.378 e. The number of alkyl halides is 3. The number of rotatable bonds is 2. The minimum absolute atomic E-state index is 0. The molecule has 0 bridgehead atoms. The molecule has 0 spiro atoms. The van der Waals surface area contributed by atoms with Gasteiger partial charge in [-0.2, -0.15) is 13.2 Å². The van der Waals surface area contributed by atoms with E-state index >= 15 is 0 Å². The molecular formula is C17H17ClF3NO. The second-order valence-corrected chi connectivity index (χ2v) is 5.28. The lowest BCUT2D eigenvalue weighted by Gasteiger charge is -2.24. The number of hydrogen-bond donors (Lipinski definition) is 1. The van der Waals surface area contributed by atoms with Gasteiger partial charge in [0, 0.05) is 6.54 Å². The largest absolute Gasteiger partial charge is 0.416 e. The molecule has 124 valence electrons. The number of ether oxygens (including phenoxy) is 1. The first-order valence-corrected chi connectivity index (χ1v) is 7.13. The first-order chi connectivity index (χ1) is 10.5. The molecule has 1 atom stereocenters. The Balaban J connectivity index is 0.00000192. The van der Waals surface area contributed by atoms with Gasteiger partial charge >= 0.3 is 6.18 Å². The minimum atomic E-state index is -4.30. The van der Waals surface area contributed by atoms with Crippen molar-refractivity contribution in [3.63, 3.8) is 0 Å². The maximum Gasteiger partial charge on any atom is 0.416 e. The molecule has 1 saturated heterocycles. The highest BCUT2D eigenvalue weighted by atomic mass is 35.5. The van der Waals surface area contributed by atoms with Gasteiger partial charge in [0.2, 0.25) is 0 Å². The normalized spacial score (nSPS) is 18.3. The van der Waals surface area contributed by atoms with Crippen LogP contribution >= 0.6 is 12.4 Å². The predicted molar refractivity (Wildman–Crippen MR) is 85.7 cm³/mol. The molecule has 6 heteroatoms. The van der Waals surface area contributed by atoms with Gasteiger partial charge in [0.25, 0.3) is 0 Å². The van der Waals surface area contributed by atoms with Crippen LogP contribution in [0.15, 0.2) is 48.5 Å². The Morgan fingerprint density at radius 1 is 0.913 bits per heavy atom. The molecule has 1 aliphatic heterocycles. The van der Waals surface area contributed by atoms with Crippen LogP contribution in [0, 0.1) is 0 Å². The van der Waals surface area contributed by atoms with Crippen LogP contribution < -0.4 is 5.32 Å². The number of nitrogens with one attached hydrogen (secondary N) is 1. The number of benzene rings is 2. The zero-order chi connectivity index (χ0) is 15.6. The molecule has 2 aromatic rings. The van der Waals surface area contributed by atoms with Gasteiger partial charge in [-0.05, 0) is 28.8 Å². The summed E-state index contributed by atoms with van der Waals surface area (Å²) in [6.07, 6.45) is -4.30. The van der Waals surface area contributed by atoms with Crippen LogP contribution in [0.25, 0.3) is 11.1 Å². The highest BCUT2D eigenvalue weighted by Gasteiger charge is 2.29. The van der Waals surface area contributed by atoms with Crippen molar-refractivity contribution in [1.82, 2.24) is 5.32 Å². The lowest BCUT2D eigenvalue weighted by Crippen LogP contribution is -2.34. The zero-order valence-corrected chi connectivity index (χ0v) is 13.1. The maximum atomic E-state index is 12.6. The Bertz CT molecular complexity index is 620. The maximum absolute atomic E-state index is 12.6. The van der Waals surface area contributed by atoms with Crippen molar-refractivity contribution in [2.75, 3.05) is 19.8 Å². The van der Waals surface area contributed by atoms with Crippen molar-refractivity contribution in [2.24, 2.45) is 0 Å². The molecular weight excluding hydrogens is 327 g/mol. The highest BCUT2D eigenvalue weighted by Crippen LogP contribution is 2.31. The molecule has 0 radical (unpaired) electrons. The SMILES string of the molecule is Cl.FC(F)(F)c1ccc(-c2ccc([C@H]3COCCN3)cc2)cc1. The summed E-state index contributed by atoms with van der Waals surface area (Å²) in [7, 11) is 0. The van der Waals surface area contributed by atoms with E-state index in [-0.39, 0.29) is 18.4 Å². The van der Waals surface area contributed by atoms with Crippen LogP contribution in [0.1, 0.15) is 17.2 Å². The number of morpholine rings is 1. The van der Waals surface area contributed by atoms with Crippen LogP contribution in [0.2, 0.25) is 0 Å². The summed E-state index contributed by atoms with van der Waals surface area (Å²) in [4.78, 5) is 0. The molecule has 2 aromatic carbocycles. The van der Waals surface area contributed by atoms with Gasteiger partial charge < -0.3 is 10.1 Å². The van der Waals surface area contributed by atoms with Crippen molar-refractivity contribution in [3.8, 4) is 11.1 Å². The van der Waals surface area contributed by atoms with E-state index in [1.54, 1.807) is 0 Å². The standard InChI is InChI=1S/C17H16F3NO.ClH/c18-17(19,20)15-7-5-13(6-8-15)12-1-3-14(4-2-12)16-11-22-10-9-21-16;/h1-8,16,21H,9-11H2;1H/t16-;/m1./s1. The molecule has 0 aliphatic carbocycles. The lowest BCUT2D eigenvalue weighted by molar-refractivity contribution is -0.137. The Labute approximate surface area is 139 Å². The molecule has 0 amide bonds. The summed E-state index contributed by atoms with van der Waals surface area (Å²) in [5.41, 5.74) is 2.16. The van der Waals surface area contributed by atoms with Gasteiger partial charge in [-0.25, -0.2) is 0 Å². The monoisotopic (exact) mass is 343 g/mol. The summed E-state index contributed by atoms with van der Waals surface area (Å²) in [5, 5.41) is 3.37. The molecule has 1 N–H and O–H groups in total. The predicted octanol–water partition coefficient (Wildman–Crippen LogP) is 4.46. The van der Waals surface area contributed by atoms with Crippen LogP contribution in [0.5, 0.6) is 0 Å². The van der Waals surface area contributed by atoms with Crippen molar-refractivity contribution in [1.29, 1.82) is 0 Å². The van der Waals surface area contributed by atoms with Gasteiger partial charge in [0.05, 0.1) is 24.8 Å². The number of halogens is 4. The van der Waals surface area contributed by atoms with Gasteiger partial charge in [0.1, 0.15) is 0 Å². The third-order valence-corrected chi connectivity index (χ3v) is 3.78. The molecule has 1 aliphatic rings. The second-order valence-electron chi connectivity index (χ2n) is 5.28. The van der Waals surface area contributed by atoms with Crippen molar-refractivity contribution in [2.45, 2.75) is 12.2 Å². The van der Waals surface area contributed by atoms with E-state index < -0.39 is 11.7 Å². The fourth-order valence-electron chi connectivity index (χ4n) is 2.54. The molecule has 0 saturated carbocycles. The first kappa shape index (κ1) is 17.8. The zero-order valence-electron chi connectivity index (χ0n) is 12.3. The fourth-order valence-corrected chi connectivity index (χ4v) is 2.54. The van der Waals surface area contributed by atoms with E-state index in [9.17, 15) is 13.2 Å². The Kier molecular flexibility index (Phi) is 5.68. The fraction of sp³-hybridized carbons (Fsp3) is 0.294. The summed E-state index contributed by atoms with van der Waals surface area (Å²) in [5.74, 6) is 0. The smallest absolute Gasteiger partial charge is 0.378 e. The van der Waals surface area contributed by atoms with Crippen LogP contribution in [-0.4, -0.2) is 19.8 Å². The molecule has 1 fully saturated rings. The van der Waals surface area contributed by atoms with Crippen molar-refractivity contribution in [3.05, 3.63) is 59.7 Å². The van der Waals surface area contributed by atoms with Crippen LogP contribution in [0.3, 0.4) is 0 Å². The molecule has 0 unspecified atom stereocenters. The second kappa shape index (κ2) is 7.34. The van der Waals surface area contributed by atoms with Gasteiger partial charge in [-0.3, -0.25) is 0 Å². The molecule has 1 heterocycles.